The van der Waals surface area contributed by atoms with Crippen LogP contribution in [-0.4, -0.2) is 59.8 Å². The molecule has 0 amide bonds. The van der Waals surface area contributed by atoms with E-state index in [2.05, 4.69) is 440 Å². The first-order valence-electron chi connectivity index (χ1n) is 48.1. The van der Waals surface area contributed by atoms with E-state index in [4.69, 9.17) is 44.9 Å². The van der Waals surface area contributed by atoms with Crippen molar-refractivity contribution in [1.82, 2.24) is 59.8 Å². The number of aryl methyl sites for hydroxylation is 2. The number of hydrogen-bond acceptors (Lipinski definition) is 12. The van der Waals surface area contributed by atoms with Crippen molar-refractivity contribution >= 4 is 97.3 Å². The summed E-state index contributed by atoms with van der Waals surface area (Å²) in [7, 11) is 0. The highest BCUT2D eigenvalue weighted by atomic mass is 15.0. The second kappa shape index (κ2) is 37.4. The third-order valence-electron chi connectivity index (χ3n) is 27.3. The van der Waals surface area contributed by atoms with Gasteiger partial charge < -0.3 is 0 Å². The molecule has 1 aliphatic rings. The zero-order valence-electron chi connectivity index (χ0n) is 77.2. The van der Waals surface area contributed by atoms with Gasteiger partial charge in [0, 0.05) is 119 Å². The first kappa shape index (κ1) is 84.9. The molecule has 7 aromatic heterocycles. The second-order valence-corrected chi connectivity index (χ2v) is 36.0. The highest BCUT2D eigenvalue weighted by Crippen LogP contribution is 2.43. The molecule has 0 fully saturated rings. The molecule has 27 rings (SSSR count). The maximum atomic E-state index is 5.29. The molecule has 142 heavy (non-hydrogen) atoms. The third-order valence-corrected chi connectivity index (χ3v) is 27.3. The Balaban J connectivity index is 0.000000112. The summed E-state index contributed by atoms with van der Waals surface area (Å²) >= 11 is 0. The lowest BCUT2D eigenvalue weighted by Gasteiger charge is -2.16. The summed E-state index contributed by atoms with van der Waals surface area (Å²) in [4.78, 5) is 59.8. The Morgan fingerprint density at radius 2 is 0.458 bits per heavy atom. The minimum Gasteiger partial charge on any atom is -0.260 e. The van der Waals surface area contributed by atoms with Crippen molar-refractivity contribution < 1.29 is 0 Å². The zero-order valence-corrected chi connectivity index (χ0v) is 77.2. The fourth-order valence-corrected chi connectivity index (χ4v) is 20.0. The summed E-state index contributed by atoms with van der Waals surface area (Å²) < 4.78 is 0. The summed E-state index contributed by atoms with van der Waals surface area (Å²) in [5.74, 6) is 4.51. The quantitative estimate of drug-likeness (QED) is 0.0952. The van der Waals surface area contributed by atoms with Crippen molar-refractivity contribution in [2.24, 2.45) is 0 Å². The van der Waals surface area contributed by atoms with Gasteiger partial charge in [0.15, 0.2) is 40.8 Å². The molecule has 1 aliphatic carbocycles. The van der Waals surface area contributed by atoms with Crippen molar-refractivity contribution in [3.05, 3.63) is 485 Å². The molecule has 0 unspecified atom stereocenters. The lowest BCUT2D eigenvalue weighted by molar-refractivity contribution is 0.668. The molecule has 7 heterocycles. The van der Waals surface area contributed by atoms with Crippen LogP contribution in [0.5, 0.6) is 0 Å². The van der Waals surface area contributed by atoms with Gasteiger partial charge in [-0.05, 0) is 184 Å². The number of pyridine rings is 4. The van der Waals surface area contributed by atoms with E-state index >= 15 is 0 Å². The molecule has 12 heteroatoms. The summed E-state index contributed by atoms with van der Waals surface area (Å²) in [6, 6.07) is 157. The topological polar surface area (TPSA) is 155 Å². The summed E-state index contributed by atoms with van der Waals surface area (Å²) in [5.41, 5.74) is 27.3. The predicted octanol–water partition coefficient (Wildman–Crippen LogP) is 32.4. The lowest BCUT2D eigenvalue weighted by Crippen LogP contribution is -2.05. The van der Waals surface area contributed by atoms with Crippen LogP contribution in [0, 0.1) is 0 Å². The molecule has 0 spiro atoms. The molecule has 12 nitrogen and oxygen atoms in total. The van der Waals surface area contributed by atoms with E-state index in [1.165, 1.54) is 72.8 Å². The van der Waals surface area contributed by atoms with Gasteiger partial charge in [-0.2, -0.15) is 0 Å². The van der Waals surface area contributed by atoms with Crippen molar-refractivity contribution in [2.45, 2.75) is 25.7 Å². The molecule has 0 saturated carbocycles. The number of benzene rings is 19. The number of fused-ring (bicyclic) bond motifs is 12. The SMILES string of the molecule is c1ccc(-c2ccc(-c3nc(-c4ccc(-c5cccc6cccnc56)cc4)nc(-c4ccc(-c5cccc6cccnc56)cc4)n3)cc2)cc1.c1ccc2c(c1)cc(-c1nc(-c3ccc(-c4cnc5c(c4)CCCC5)cc3)nc(-c3cc4ccccc4c4ccccc34)n1)c1ccccc12.c1ccc2cc(-c3cc(-c4ccc5ccccc5c4)nc(-c4ccc(-c5cccc6cccnc56)cc4)n3)ccc2c1. The van der Waals surface area contributed by atoms with E-state index in [1.807, 2.05) is 49.1 Å². The Bertz CT molecular complexity index is 8950. The van der Waals surface area contributed by atoms with Crippen LogP contribution >= 0.6 is 0 Å². The molecule has 0 N–H and O–H groups in total. The Morgan fingerprint density at radius 1 is 0.155 bits per heavy atom. The van der Waals surface area contributed by atoms with Crippen molar-refractivity contribution in [3.8, 4) is 158 Å². The van der Waals surface area contributed by atoms with E-state index in [0.717, 1.165) is 179 Å². The number of aromatic nitrogens is 12. The van der Waals surface area contributed by atoms with Crippen LogP contribution in [0.15, 0.2) is 474 Å². The smallest absolute Gasteiger partial charge is 0.164 e. The number of para-hydroxylation sites is 3. The maximum Gasteiger partial charge on any atom is 0.164 e. The van der Waals surface area contributed by atoms with Gasteiger partial charge in [0.1, 0.15) is 0 Å². The Morgan fingerprint density at radius 3 is 0.880 bits per heavy atom. The second-order valence-electron chi connectivity index (χ2n) is 36.0. The zero-order chi connectivity index (χ0) is 94.2. The Labute approximate surface area is 820 Å². The van der Waals surface area contributed by atoms with E-state index in [0.29, 0.717) is 40.8 Å². The van der Waals surface area contributed by atoms with Crippen LogP contribution in [0.1, 0.15) is 24.1 Å². The first-order valence-corrected chi connectivity index (χ1v) is 48.1. The Kier molecular flexibility index (Phi) is 22.3. The predicted molar refractivity (Wildman–Crippen MR) is 583 cm³/mol. The molecule has 666 valence electrons. The monoisotopic (exact) mass is 1810 g/mol. The van der Waals surface area contributed by atoms with Crippen LogP contribution in [0.2, 0.25) is 0 Å². The van der Waals surface area contributed by atoms with Crippen molar-refractivity contribution in [2.75, 3.05) is 0 Å². The van der Waals surface area contributed by atoms with Gasteiger partial charge in [-0.25, -0.2) is 39.9 Å². The van der Waals surface area contributed by atoms with Crippen LogP contribution < -0.4 is 0 Å². The summed E-state index contributed by atoms with van der Waals surface area (Å²) in [5, 5.41) is 17.5. The summed E-state index contributed by atoms with van der Waals surface area (Å²) in [6.45, 7) is 0. The van der Waals surface area contributed by atoms with Crippen LogP contribution in [0.3, 0.4) is 0 Å². The average Bonchev–Trinajstić information content (AvgIpc) is 0.746. The fourth-order valence-electron chi connectivity index (χ4n) is 20.0. The van der Waals surface area contributed by atoms with E-state index in [1.54, 1.807) is 0 Å². The van der Waals surface area contributed by atoms with E-state index in [-0.39, 0.29) is 0 Å². The van der Waals surface area contributed by atoms with Crippen LogP contribution in [0.4, 0.5) is 0 Å². The maximum absolute atomic E-state index is 5.29. The van der Waals surface area contributed by atoms with Gasteiger partial charge in [0.2, 0.25) is 0 Å². The standard InChI is InChI=1S/C46H32N4.C45H29N5.C39H25N3/c1-4-14-35-31(11-1)26-41(39-18-8-6-16-37(35)39)45-48-44(30-23-21-29(22-24-30)34-25-33-13-3-10-20-43(33)47-28-34)49-46(50-45)42-27-32-12-2-5-15-36(32)38-17-7-9-19-40(38)42;1-2-8-30(9-3-1)31-16-22-36(23-17-31)43-48-44(37-24-18-32(19-25-37)39-14-4-10-34-12-6-28-46-41(34)39)50-45(49-43)38-26-20-33(21-27-38)40-15-5-11-35-13-7-29-47-42(35)40;1-3-9-31-23-33(20-14-26(31)7-1)36-25-37(34-21-15-27-8-2-4-10-32(27)24-34)42-39(41-36)30-18-16-28(17-19-30)35-13-5-11-29-12-6-22-40-38(29)35/h1-2,4-9,11-12,14-19,21-28H,3,10,13,20H2;1-29H;1-25H. The molecule has 0 radical (unpaired) electrons. The van der Waals surface area contributed by atoms with E-state index in [9.17, 15) is 0 Å². The molecular formula is C130H86N12. The minimum absolute atomic E-state index is 0.613. The number of hydrogen-bond donors (Lipinski definition) is 0. The Hall–Kier alpha value is -18.8. The molecule has 0 bridgehead atoms. The lowest BCUT2D eigenvalue weighted by atomic mass is 9.93. The van der Waals surface area contributed by atoms with Crippen molar-refractivity contribution in [3.63, 3.8) is 0 Å². The molecule has 0 atom stereocenters. The van der Waals surface area contributed by atoms with Gasteiger partial charge in [-0.1, -0.05) is 394 Å². The highest BCUT2D eigenvalue weighted by Gasteiger charge is 2.23. The van der Waals surface area contributed by atoms with Crippen molar-refractivity contribution in [1.29, 1.82) is 0 Å². The van der Waals surface area contributed by atoms with Gasteiger partial charge in [-0.15, -0.1) is 0 Å². The molecule has 19 aromatic carbocycles. The fraction of sp³-hybridized carbons (Fsp3) is 0.0308. The van der Waals surface area contributed by atoms with Crippen LogP contribution in [0.25, 0.3) is 255 Å². The van der Waals surface area contributed by atoms with Crippen LogP contribution in [-0.2, 0) is 12.8 Å². The normalized spacial score (nSPS) is 11.8. The third kappa shape index (κ3) is 16.9. The number of nitrogens with zero attached hydrogens (tertiary/aromatic N) is 12. The van der Waals surface area contributed by atoms with E-state index < -0.39 is 0 Å². The van der Waals surface area contributed by atoms with Gasteiger partial charge in [0.25, 0.3) is 0 Å². The summed E-state index contributed by atoms with van der Waals surface area (Å²) in [6.07, 6.45) is 12.2. The molecule has 0 saturated heterocycles. The molecule has 0 aliphatic heterocycles. The molecular weight excluding hydrogens is 1730 g/mol. The largest absolute Gasteiger partial charge is 0.260 e. The van der Waals surface area contributed by atoms with Gasteiger partial charge in [0.05, 0.1) is 27.9 Å². The van der Waals surface area contributed by atoms with Gasteiger partial charge >= 0.3 is 0 Å². The molecule has 26 aromatic rings. The number of rotatable bonds is 14. The van der Waals surface area contributed by atoms with Gasteiger partial charge in [-0.3, -0.25) is 19.9 Å². The highest BCUT2D eigenvalue weighted by molar-refractivity contribution is 6.15. The minimum atomic E-state index is 0.613. The average molecular weight is 1820 g/mol. The first-order chi connectivity index (χ1) is 70.3.